The summed E-state index contributed by atoms with van der Waals surface area (Å²) in [6, 6.07) is 9.08. The second-order valence-corrected chi connectivity index (χ2v) is 7.33. The quantitative estimate of drug-likeness (QED) is 0.660. The Hall–Kier alpha value is -1.44. The van der Waals surface area contributed by atoms with E-state index < -0.39 is 15.4 Å². The van der Waals surface area contributed by atoms with Gasteiger partial charge in [-0.2, -0.15) is 0 Å². The summed E-state index contributed by atoms with van der Waals surface area (Å²) in [6.07, 6.45) is 1.15. The van der Waals surface area contributed by atoms with Gasteiger partial charge in [0.1, 0.15) is 15.4 Å². The number of hydrogen-bond donors (Lipinski definition) is 2. The molecule has 0 radical (unpaired) electrons. The van der Waals surface area contributed by atoms with Gasteiger partial charge in [0.25, 0.3) is 0 Å². The lowest BCUT2D eigenvalue weighted by Gasteiger charge is -2.24. The lowest BCUT2D eigenvalue weighted by molar-refractivity contribution is -0.126. The molecule has 1 rings (SSSR count). The maximum atomic E-state index is 12.1. The van der Waals surface area contributed by atoms with E-state index in [2.05, 4.69) is 5.32 Å². The molecule has 0 fully saturated rings. The van der Waals surface area contributed by atoms with Crippen molar-refractivity contribution in [3.63, 3.8) is 0 Å². The molecule has 0 aliphatic heterocycles. The van der Waals surface area contributed by atoms with E-state index in [-0.39, 0.29) is 31.4 Å². The van der Waals surface area contributed by atoms with Gasteiger partial charge in [-0.1, -0.05) is 30.3 Å². The minimum absolute atomic E-state index is 0.0282. The van der Waals surface area contributed by atoms with Gasteiger partial charge in [0.05, 0.1) is 19.0 Å². The van der Waals surface area contributed by atoms with E-state index in [0.29, 0.717) is 0 Å². The van der Waals surface area contributed by atoms with Gasteiger partial charge < -0.3 is 15.8 Å². The second kappa shape index (κ2) is 7.53. The first-order valence-electron chi connectivity index (χ1n) is 6.61. The fourth-order valence-electron chi connectivity index (χ4n) is 1.65. The molecule has 0 saturated carbocycles. The van der Waals surface area contributed by atoms with Gasteiger partial charge in [-0.25, -0.2) is 8.42 Å². The number of carbonyl (C=O) groups excluding carboxylic acids is 1. The molecular weight excluding hydrogens is 292 g/mol. The van der Waals surface area contributed by atoms with E-state index in [9.17, 15) is 13.2 Å². The Morgan fingerprint density at radius 3 is 2.48 bits per heavy atom. The Bertz CT molecular complexity index is 556. The van der Waals surface area contributed by atoms with Crippen molar-refractivity contribution in [3.8, 4) is 0 Å². The van der Waals surface area contributed by atoms with Crippen molar-refractivity contribution < 1.29 is 17.9 Å². The summed E-state index contributed by atoms with van der Waals surface area (Å²) in [5.74, 6) is -0.333. The highest BCUT2D eigenvalue weighted by molar-refractivity contribution is 7.90. The first-order chi connectivity index (χ1) is 9.73. The van der Waals surface area contributed by atoms with E-state index in [0.717, 1.165) is 11.8 Å². The van der Waals surface area contributed by atoms with Crippen molar-refractivity contribution in [2.45, 2.75) is 12.5 Å². The predicted octanol–water partition coefficient (Wildman–Crippen LogP) is 0.0379. The van der Waals surface area contributed by atoms with Crippen LogP contribution in [0.4, 0.5) is 0 Å². The van der Waals surface area contributed by atoms with E-state index in [1.807, 2.05) is 18.2 Å². The zero-order valence-electron chi connectivity index (χ0n) is 12.3. The van der Waals surface area contributed by atoms with Crippen LogP contribution in [-0.4, -0.2) is 46.1 Å². The SMILES string of the molecule is CC(N)(C(=O)NCCOCCS(C)(=O)=O)c1ccccc1. The summed E-state index contributed by atoms with van der Waals surface area (Å²) < 4.78 is 26.9. The Balaban J connectivity index is 2.34. The number of amides is 1. The van der Waals surface area contributed by atoms with Crippen LogP contribution in [0.25, 0.3) is 0 Å². The largest absolute Gasteiger partial charge is 0.379 e. The smallest absolute Gasteiger partial charge is 0.244 e. The number of nitrogens with one attached hydrogen (secondary N) is 1. The molecule has 6 nitrogen and oxygen atoms in total. The molecule has 0 saturated heterocycles. The lowest BCUT2D eigenvalue weighted by atomic mass is 9.92. The number of carbonyl (C=O) groups is 1. The summed E-state index contributed by atoms with van der Waals surface area (Å²) >= 11 is 0. The fourth-order valence-corrected chi connectivity index (χ4v) is 2.07. The van der Waals surface area contributed by atoms with Gasteiger partial charge in [-0.3, -0.25) is 4.79 Å². The van der Waals surface area contributed by atoms with E-state index in [1.54, 1.807) is 19.1 Å². The van der Waals surface area contributed by atoms with Crippen molar-refractivity contribution in [3.05, 3.63) is 35.9 Å². The van der Waals surface area contributed by atoms with Gasteiger partial charge in [0.2, 0.25) is 5.91 Å². The van der Waals surface area contributed by atoms with Crippen molar-refractivity contribution >= 4 is 15.7 Å². The molecule has 0 aliphatic rings. The van der Waals surface area contributed by atoms with Crippen LogP contribution < -0.4 is 11.1 Å². The number of ether oxygens (including phenoxy) is 1. The second-order valence-electron chi connectivity index (χ2n) is 5.07. The summed E-state index contributed by atoms with van der Waals surface area (Å²) in [6.45, 7) is 2.28. The van der Waals surface area contributed by atoms with Crippen LogP contribution >= 0.6 is 0 Å². The monoisotopic (exact) mass is 314 g/mol. The number of hydrogen-bond acceptors (Lipinski definition) is 5. The highest BCUT2D eigenvalue weighted by atomic mass is 32.2. The summed E-state index contributed by atoms with van der Waals surface area (Å²) in [4.78, 5) is 12.1. The van der Waals surface area contributed by atoms with Crippen LogP contribution in [-0.2, 0) is 24.9 Å². The van der Waals surface area contributed by atoms with Gasteiger partial charge in [-0.15, -0.1) is 0 Å². The van der Waals surface area contributed by atoms with Gasteiger partial charge in [0, 0.05) is 12.8 Å². The summed E-state index contributed by atoms with van der Waals surface area (Å²) in [5, 5.41) is 2.68. The predicted molar refractivity (Wildman–Crippen MR) is 81.5 cm³/mol. The normalized spacial score (nSPS) is 14.4. The molecule has 0 aromatic heterocycles. The van der Waals surface area contributed by atoms with Crippen LogP contribution in [0.15, 0.2) is 30.3 Å². The molecule has 0 bridgehead atoms. The Morgan fingerprint density at radius 2 is 1.90 bits per heavy atom. The van der Waals surface area contributed by atoms with Gasteiger partial charge in [-0.05, 0) is 12.5 Å². The number of sulfone groups is 1. The van der Waals surface area contributed by atoms with E-state index in [1.165, 1.54) is 0 Å². The minimum Gasteiger partial charge on any atom is -0.379 e. The van der Waals surface area contributed by atoms with E-state index >= 15 is 0 Å². The Labute approximate surface area is 125 Å². The Morgan fingerprint density at radius 1 is 1.29 bits per heavy atom. The Kier molecular flexibility index (Phi) is 6.32. The molecule has 1 atom stereocenters. The van der Waals surface area contributed by atoms with Crippen molar-refractivity contribution in [2.75, 3.05) is 31.8 Å². The zero-order chi connectivity index (χ0) is 15.9. The number of nitrogens with two attached hydrogens (primary N) is 1. The fraction of sp³-hybridized carbons (Fsp3) is 0.500. The third kappa shape index (κ3) is 6.24. The molecule has 1 amide bonds. The highest BCUT2D eigenvalue weighted by Gasteiger charge is 2.29. The average Bonchev–Trinajstić information content (AvgIpc) is 2.42. The maximum Gasteiger partial charge on any atom is 0.244 e. The summed E-state index contributed by atoms with van der Waals surface area (Å²) in [7, 11) is -3.02. The highest BCUT2D eigenvalue weighted by Crippen LogP contribution is 2.16. The molecular formula is C14H22N2O4S. The topological polar surface area (TPSA) is 98.5 Å². The molecule has 3 N–H and O–H groups in total. The molecule has 0 heterocycles. The average molecular weight is 314 g/mol. The van der Waals surface area contributed by atoms with Gasteiger partial charge >= 0.3 is 0 Å². The zero-order valence-corrected chi connectivity index (χ0v) is 13.2. The first-order valence-corrected chi connectivity index (χ1v) is 8.68. The molecule has 1 unspecified atom stereocenters. The van der Waals surface area contributed by atoms with Crippen LogP contribution in [0.2, 0.25) is 0 Å². The van der Waals surface area contributed by atoms with Crippen molar-refractivity contribution in [2.24, 2.45) is 5.73 Å². The van der Waals surface area contributed by atoms with Crippen LogP contribution in [0.5, 0.6) is 0 Å². The van der Waals surface area contributed by atoms with Crippen molar-refractivity contribution in [1.82, 2.24) is 5.32 Å². The third-order valence-electron chi connectivity index (χ3n) is 2.98. The van der Waals surface area contributed by atoms with E-state index in [4.69, 9.17) is 10.5 Å². The molecule has 21 heavy (non-hydrogen) atoms. The minimum atomic E-state index is -3.02. The van der Waals surface area contributed by atoms with Crippen LogP contribution in [0.3, 0.4) is 0 Å². The molecule has 1 aromatic rings. The molecule has 0 aliphatic carbocycles. The standard InChI is InChI=1S/C14H22N2O4S/c1-14(15,12-6-4-3-5-7-12)13(17)16-8-9-20-10-11-21(2,18)19/h3-7H,8-11,15H2,1-2H3,(H,16,17). The molecule has 0 spiro atoms. The number of benzene rings is 1. The lowest BCUT2D eigenvalue weighted by Crippen LogP contribution is -2.49. The number of rotatable bonds is 8. The van der Waals surface area contributed by atoms with Crippen LogP contribution in [0.1, 0.15) is 12.5 Å². The molecule has 1 aromatic carbocycles. The van der Waals surface area contributed by atoms with Crippen LogP contribution in [0, 0.1) is 0 Å². The molecule has 7 heteroatoms. The molecule has 118 valence electrons. The summed E-state index contributed by atoms with van der Waals surface area (Å²) in [5.41, 5.74) is 5.65. The third-order valence-corrected chi connectivity index (χ3v) is 3.88. The maximum absolute atomic E-state index is 12.1. The van der Waals surface area contributed by atoms with Crippen molar-refractivity contribution in [1.29, 1.82) is 0 Å². The first kappa shape index (κ1) is 17.6. The van der Waals surface area contributed by atoms with Gasteiger partial charge in [0.15, 0.2) is 0 Å².